The maximum absolute atomic E-state index is 12.2. The molecule has 0 heterocycles. The van der Waals surface area contributed by atoms with E-state index in [2.05, 4.69) is 47.9 Å². The first kappa shape index (κ1) is 27.0. The summed E-state index contributed by atoms with van der Waals surface area (Å²) in [5.74, 6) is 13.1. The average Bonchev–Trinajstić information content (AvgIpc) is 3.26. The second-order valence-corrected chi connectivity index (χ2v) is 11.5. The Balaban J connectivity index is 1.22. The lowest BCUT2D eigenvalue weighted by molar-refractivity contribution is 0.144. The molecule has 0 saturated carbocycles. The lowest BCUT2D eigenvalue weighted by Gasteiger charge is -2.25. The number of hydrogen-bond donors (Lipinski definition) is 2. The van der Waals surface area contributed by atoms with Crippen LogP contribution in [0.15, 0.2) is 121 Å². The summed E-state index contributed by atoms with van der Waals surface area (Å²) < 4.78 is 0. The van der Waals surface area contributed by atoms with E-state index in [-0.39, 0.29) is 0 Å². The van der Waals surface area contributed by atoms with Gasteiger partial charge in [-0.05, 0) is 65.6 Å². The normalized spacial score (nSPS) is 15.4. The molecule has 5 aromatic rings. The summed E-state index contributed by atoms with van der Waals surface area (Å²) in [4.78, 5) is 0. The van der Waals surface area contributed by atoms with Crippen LogP contribution in [0.1, 0.15) is 55.6 Å². The number of aliphatic hydroxyl groups is 2. The number of hydrogen-bond acceptors (Lipinski definition) is 2. The molecular formula is C41H32O2. The number of rotatable bonds is 1. The van der Waals surface area contributed by atoms with E-state index in [4.69, 9.17) is 0 Å². The maximum Gasteiger partial charge on any atom is 0.177 e. The first-order valence-corrected chi connectivity index (χ1v) is 14.9. The summed E-state index contributed by atoms with van der Waals surface area (Å²) in [5, 5.41) is 24.3. The molecule has 0 atom stereocenters. The fourth-order valence-electron chi connectivity index (χ4n) is 6.66. The highest BCUT2D eigenvalue weighted by atomic mass is 16.3. The van der Waals surface area contributed by atoms with E-state index in [1.54, 1.807) is 0 Å². The van der Waals surface area contributed by atoms with Crippen molar-refractivity contribution in [3.05, 3.63) is 177 Å². The predicted octanol–water partition coefficient (Wildman–Crippen LogP) is 6.65. The molecule has 2 heteroatoms. The van der Waals surface area contributed by atoms with Gasteiger partial charge in [-0.2, -0.15) is 0 Å². The summed E-state index contributed by atoms with van der Waals surface area (Å²) in [6, 6.07) is 40.3. The van der Waals surface area contributed by atoms with Crippen molar-refractivity contribution >= 4 is 0 Å². The van der Waals surface area contributed by atoms with Crippen LogP contribution in [0.2, 0.25) is 0 Å². The fraction of sp³-hybridized carbons (Fsp3) is 0.171. The molecule has 0 aromatic heterocycles. The Kier molecular flexibility index (Phi) is 6.96. The number of fused-ring (bicyclic) bond motifs is 4. The molecule has 2 N–H and O–H groups in total. The Hall–Kier alpha value is -4.86. The molecule has 0 aliphatic heterocycles. The molecule has 2 aliphatic rings. The van der Waals surface area contributed by atoms with Crippen molar-refractivity contribution in [3.8, 4) is 23.7 Å². The molecule has 0 bridgehead atoms. The van der Waals surface area contributed by atoms with Crippen LogP contribution in [0.5, 0.6) is 0 Å². The van der Waals surface area contributed by atoms with Gasteiger partial charge in [0.15, 0.2) is 11.2 Å². The monoisotopic (exact) mass is 556 g/mol. The van der Waals surface area contributed by atoms with E-state index >= 15 is 0 Å². The van der Waals surface area contributed by atoms with Crippen molar-refractivity contribution in [2.24, 2.45) is 0 Å². The van der Waals surface area contributed by atoms with Gasteiger partial charge < -0.3 is 10.2 Å². The zero-order valence-corrected chi connectivity index (χ0v) is 24.0. The van der Waals surface area contributed by atoms with E-state index in [9.17, 15) is 10.2 Å². The summed E-state index contributed by atoms with van der Waals surface area (Å²) in [5.41, 5.74) is 7.00. The zero-order valence-electron chi connectivity index (χ0n) is 24.0. The second-order valence-electron chi connectivity index (χ2n) is 11.5. The van der Waals surface area contributed by atoms with Crippen molar-refractivity contribution in [1.82, 2.24) is 0 Å². The topological polar surface area (TPSA) is 40.5 Å². The van der Waals surface area contributed by atoms with Gasteiger partial charge in [-0.1, -0.05) is 133 Å². The van der Waals surface area contributed by atoms with Crippen LogP contribution in [0.3, 0.4) is 0 Å². The van der Waals surface area contributed by atoms with Crippen LogP contribution < -0.4 is 0 Å². The van der Waals surface area contributed by atoms with Crippen LogP contribution >= 0.6 is 0 Å². The fourth-order valence-corrected chi connectivity index (χ4v) is 6.66. The third-order valence-corrected chi connectivity index (χ3v) is 8.83. The molecule has 0 amide bonds. The Morgan fingerprint density at radius 1 is 0.488 bits per heavy atom. The SMILES string of the molecule is OC1(C#CCc2cccc(C#CC3(O)c4ccccc4CCc4ccccc43)c2)c2ccccc2CCc2ccccc21. The van der Waals surface area contributed by atoms with Gasteiger partial charge in [-0.25, -0.2) is 0 Å². The highest BCUT2D eigenvalue weighted by Gasteiger charge is 2.36. The second kappa shape index (κ2) is 11.1. The van der Waals surface area contributed by atoms with Crippen LogP contribution in [0, 0.1) is 23.7 Å². The van der Waals surface area contributed by atoms with Crippen molar-refractivity contribution in [2.75, 3.05) is 0 Å². The van der Waals surface area contributed by atoms with Gasteiger partial charge in [-0.15, -0.1) is 0 Å². The molecule has 0 fully saturated rings. The smallest absolute Gasteiger partial charge is 0.177 e. The van der Waals surface area contributed by atoms with E-state index in [1.807, 2.05) is 97.1 Å². The Morgan fingerprint density at radius 3 is 1.37 bits per heavy atom. The standard InChI is InChI=1S/C41H32O2/c42-40(36-18-5-1-14-32(36)22-23-33-15-2-6-19-37(33)40)27-10-13-30-11-9-12-31(29-30)26-28-41(43)38-20-7-3-16-34(38)24-25-35-17-4-8-21-39(35)41/h1-9,11-12,14-21,29,42-43H,13,22-25H2. The summed E-state index contributed by atoms with van der Waals surface area (Å²) >= 11 is 0. The first-order chi connectivity index (χ1) is 21.0. The van der Waals surface area contributed by atoms with Crippen molar-refractivity contribution in [1.29, 1.82) is 0 Å². The van der Waals surface area contributed by atoms with Gasteiger partial charge in [0.2, 0.25) is 0 Å². The molecule has 208 valence electrons. The molecule has 7 rings (SSSR count). The van der Waals surface area contributed by atoms with Crippen molar-refractivity contribution in [3.63, 3.8) is 0 Å². The lowest BCUT2D eigenvalue weighted by atomic mass is 9.83. The number of benzene rings is 5. The van der Waals surface area contributed by atoms with E-state index in [1.165, 1.54) is 0 Å². The van der Waals surface area contributed by atoms with Gasteiger partial charge in [0.1, 0.15) is 0 Å². The minimum Gasteiger partial charge on any atom is -0.369 e. The highest BCUT2D eigenvalue weighted by Crippen LogP contribution is 2.38. The Labute approximate surface area is 253 Å². The molecule has 2 nitrogen and oxygen atoms in total. The van der Waals surface area contributed by atoms with Gasteiger partial charge in [0.05, 0.1) is 0 Å². The van der Waals surface area contributed by atoms with Crippen LogP contribution in [0.25, 0.3) is 0 Å². The van der Waals surface area contributed by atoms with Gasteiger partial charge in [0.25, 0.3) is 0 Å². The predicted molar refractivity (Wildman–Crippen MR) is 171 cm³/mol. The van der Waals surface area contributed by atoms with Gasteiger partial charge in [0, 0.05) is 34.2 Å². The Bertz CT molecular complexity index is 1860. The molecule has 43 heavy (non-hydrogen) atoms. The van der Waals surface area contributed by atoms with Crippen LogP contribution in [-0.2, 0) is 43.3 Å². The molecule has 2 aliphatic carbocycles. The van der Waals surface area contributed by atoms with Crippen LogP contribution in [-0.4, -0.2) is 10.2 Å². The van der Waals surface area contributed by atoms with Gasteiger partial charge >= 0.3 is 0 Å². The average molecular weight is 557 g/mol. The molecule has 0 radical (unpaired) electrons. The maximum atomic E-state index is 12.2. The minimum absolute atomic E-state index is 0.470. The van der Waals surface area contributed by atoms with E-state index < -0.39 is 11.2 Å². The molecular weight excluding hydrogens is 524 g/mol. The first-order valence-electron chi connectivity index (χ1n) is 14.9. The Morgan fingerprint density at radius 2 is 0.907 bits per heavy atom. The van der Waals surface area contributed by atoms with E-state index in [0.717, 1.165) is 81.3 Å². The third-order valence-electron chi connectivity index (χ3n) is 8.83. The molecule has 5 aromatic carbocycles. The zero-order chi connectivity index (χ0) is 29.3. The quantitative estimate of drug-likeness (QED) is 0.227. The van der Waals surface area contributed by atoms with Crippen LogP contribution in [0.4, 0.5) is 0 Å². The molecule has 0 unspecified atom stereocenters. The molecule has 0 spiro atoms. The largest absolute Gasteiger partial charge is 0.369 e. The molecule has 0 saturated heterocycles. The van der Waals surface area contributed by atoms with E-state index in [0.29, 0.717) is 6.42 Å². The van der Waals surface area contributed by atoms with Crippen molar-refractivity contribution < 1.29 is 10.2 Å². The number of aryl methyl sites for hydroxylation is 4. The van der Waals surface area contributed by atoms with Crippen molar-refractivity contribution in [2.45, 2.75) is 43.3 Å². The minimum atomic E-state index is -1.40. The highest BCUT2D eigenvalue weighted by molar-refractivity contribution is 5.56. The summed E-state index contributed by atoms with van der Waals surface area (Å²) in [6.07, 6.45) is 3.95. The van der Waals surface area contributed by atoms with Gasteiger partial charge in [-0.3, -0.25) is 0 Å². The summed E-state index contributed by atoms with van der Waals surface area (Å²) in [7, 11) is 0. The third kappa shape index (κ3) is 4.96. The summed E-state index contributed by atoms with van der Waals surface area (Å²) in [6.45, 7) is 0. The lowest BCUT2D eigenvalue weighted by Crippen LogP contribution is -2.27.